The lowest BCUT2D eigenvalue weighted by atomic mass is 9.82. The van der Waals surface area contributed by atoms with Gasteiger partial charge in [-0.25, -0.2) is 9.59 Å². The largest absolute Gasteiger partial charge is 0.504 e. The van der Waals surface area contributed by atoms with E-state index in [9.17, 15) is 35.1 Å². The van der Waals surface area contributed by atoms with E-state index in [1.54, 1.807) is 44.4 Å². The zero-order valence-corrected chi connectivity index (χ0v) is 22.5. The van der Waals surface area contributed by atoms with Gasteiger partial charge >= 0.3 is 11.9 Å². The number of hydrogen-bond donors (Lipinski definition) is 5. The second-order valence-corrected chi connectivity index (χ2v) is 9.86. The molecule has 1 fully saturated rings. The van der Waals surface area contributed by atoms with Crippen molar-refractivity contribution in [2.24, 2.45) is 0 Å². The molecule has 12 heteroatoms. The van der Waals surface area contributed by atoms with E-state index in [2.05, 4.69) is 0 Å². The van der Waals surface area contributed by atoms with Gasteiger partial charge in [-0.15, -0.1) is 0 Å². The molecule has 1 heterocycles. The maximum atomic E-state index is 13.2. The number of benzene rings is 2. The molecule has 0 spiro atoms. The summed E-state index contributed by atoms with van der Waals surface area (Å²) in [5.41, 5.74) is -0.456. The Kier molecular flexibility index (Phi) is 9.08. The fraction of sp³-hybridized carbons (Fsp3) is 0.481. The lowest BCUT2D eigenvalue weighted by molar-refractivity contribution is -0.998. The van der Waals surface area contributed by atoms with Crippen LogP contribution in [-0.2, 0) is 19.8 Å². The molecule has 12 nitrogen and oxygen atoms in total. The second-order valence-electron chi connectivity index (χ2n) is 9.86. The zero-order valence-electron chi connectivity index (χ0n) is 22.5. The van der Waals surface area contributed by atoms with Crippen molar-refractivity contribution in [2.75, 3.05) is 34.9 Å². The predicted molar refractivity (Wildman–Crippen MR) is 136 cm³/mol. The summed E-state index contributed by atoms with van der Waals surface area (Å²) in [6.07, 6.45) is -8.14. The molecule has 0 saturated carbocycles. The number of phenols is 1. The lowest BCUT2D eigenvalue weighted by Crippen LogP contribution is -2.73. The molecule has 5 N–H and O–H groups in total. The van der Waals surface area contributed by atoms with Crippen LogP contribution < -0.4 is 9.47 Å². The number of aliphatic hydroxyl groups excluding tert-OH is 3. The molecular weight excluding hydrogens is 514 g/mol. The van der Waals surface area contributed by atoms with E-state index in [1.807, 2.05) is 6.92 Å². The Bertz CT molecular complexity index is 1170. The van der Waals surface area contributed by atoms with Crippen molar-refractivity contribution >= 4 is 11.9 Å². The molecule has 1 saturated heterocycles. The Morgan fingerprint density at radius 3 is 2.18 bits per heavy atom. The van der Waals surface area contributed by atoms with Crippen LogP contribution in [0.15, 0.2) is 42.5 Å². The van der Waals surface area contributed by atoms with Gasteiger partial charge in [0.25, 0.3) is 0 Å². The highest BCUT2D eigenvalue weighted by Crippen LogP contribution is 2.43. The molecule has 0 aliphatic carbocycles. The molecule has 0 bridgehead atoms. The van der Waals surface area contributed by atoms with Crippen LogP contribution >= 0.6 is 0 Å². The number of carbonyl (C=O) groups is 2. The highest BCUT2D eigenvalue weighted by atomic mass is 16.6. The first-order chi connectivity index (χ1) is 18.4. The highest BCUT2D eigenvalue weighted by molar-refractivity contribution is 5.91. The van der Waals surface area contributed by atoms with Crippen molar-refractivity contribution in [1.82, 2.24) is 0 Å². The van der Waals surface area contributed by atoms with E-state index in [1.165, 1.54) is 26.4 Å². The molecule has 2 aromatic rings. The van der Waals surface area contributed by atoms with Crippen molar-refractivity contribution < 1.29 is 58.6 Å². The van der Waals surface area contributed by atoms with Crippen LogP contribution in [-0.4, -0.2) is 108 Å². The van der Waals surface area contributed by atoms with Crippen LogP contribution in [0.2, 0.25) is 0 Å². The summed E-state index contributed by atoms with van der Waals surface area (Å²) in [6.45, 7) is 1.57. The Hall–Kier alpha value is -3.42. The van der Waals surface area contributed by atoms with E-state index >= 15 is 0 Å². The van der Waals surface area contributed by atoms with Crippen molar-refractivity contribution in [3.05, 3.63) is 53.6 Å². The van der Waals surface area contributed by atoms with Gasteiger partial charge in [-0.1, -0.05) is 37.3 Å². The quantitative estimate of drug-likeness (QED) is 0.210. The number of quaternary nitrogens is 1. The van der Waals surface area contributed by atoms with Gasteiger partial charge in [-0.05, 0) is 12.1 Å². The third kappa shape index (κ3) is 5.38. The van der Waals surface area contributed by atoms with Gasteiger partial charge in [0.1, 0.15) is 12.2 Å². The molecule has 214 valence electrons. The minimum atomic E-state index is -1.85. The summed E-state index contributed by atoms with van der Waals surface area (Å²) >= 11 is 0. The number of likely N-dealkylation sites (N-methyl/N-ethyl adjacent to an activating group) is 1. The summed E-state index contributed by atoms with van der Waals surface area (Å²) in [5, 5.41) is 51.5. The molecule has 3 rings (SSSR count). The van der Waals surface area contributed by atoms with Gasteiger partial charge < -0.3 is 44.5 Å². The van der Waals surface area contributed by atoms with Crippen LogP contribution in [0.3, 0.4) is 0 Å². The smallest absolute Gasteiger partial charge is 0.338 e. The third-order valence-electron chi connectivity index (χ3n) is 7.60. The lowest BCUT2D eigenvalue weighted by Gasteiger charge is -2.55. The maximum Gasteiger partial charge on any atom is 0.338 e. The molecule has 0 aromatic heterocycles. The van der Waals surface area contributed by atoms with E-state index in [0.29, 0.717) is 12.0 Å². The van der Waals surface area contributed by atoms with Crippen molar-refractivity contribution in [2.45, 2.75) is 49.5 Å². The molecule has 2 aromatic carbocycles. The van der Waals surface area contributed by atoms with Crippen molar-refractivity contribution in [3.8, 4) is 17.2 Å². The average Bonchev–Trinajstić information content (AvgIpc) is 2.91. The van der Waals surface area contributed by atoms with Gasteiger partial charge in [0.2, 0.25) is 12.0 Å². The number of rotatable bonds is 10. The fourth-order valence-corrected chi connectivity index (χ4v) is 5.22. The van der Waals surface area contributed by atoms with Gasteiger partial charge in [-0.2, -0.15) is 0 Å². The molecule has 6 unspecified atom stereocenters. The summed E-state index contributed by atoms with van der Waals surface area (Å²) in [6, 6.07) is 11.5. The number of nitrogens with zero attached hydrogens (tertiary/aromatic N) is 1. The molecule has 0 amide bonds. The fourth-order valence-electron chi connectivity index (χ4n) is 5.22. The first-order valence-electron chi connectivity index (χ1n) is 12.3. The number of carboxylic acid groups (broad SMARTS) is 1. The number of aliphatic carboxylic acids is 1. The predicted octanol–water partition coefficient (Wildman–Crippen LogP) is 0.840. The van der Waals surface area contributed by atoms with E-state index in [0.717, 1.165) is 0 Å². The van der Waals surface area contributed by atoms with Gasteiger partial charge in [0.15, 0.2) is 35.9 Å². The SMILES string of the molecule is CCC(COC(=O)c1cc(O)c(OC)c(OC)c1)(c1ccccc1)[N+](C)(C)C1OC(C(=O)O)C(O)C(O)C1O. The second kappa shape index (κ2) is 11.8. The highest BCUT2D eigenvalue weighted by Gasteiger charge is 2.59. The van der Waals surface area contributed by atoms with E-state index in [4.69, 9.17) is 18.9 Å². The van der Waals surface area contributed by atoms with Crippen molar-refractivity contribution in [3.63, 3.8) is 0 Å². The number of methoxy groups -OCH3 is 2. The van der Waals surface area contributed by atoms with Crippen molar-refractivity contribution in [1.29, 1.82) is 0 Å². The van der Waals surface area contributed by atoms with Crippen LogP contribution in [0.5, 0.6) is 17.2 Å². The minimum Gasteiger partial charge on any atom is -0.504 e. The Balaban J connectivity index is 2.04. The number of ether oxygens (including phenoxy) is 4. The topological polar surface area (TPSA) is 172 Å². The first-order valence-corrected chi connectivity index (χ1v) is 12.3. The molecule has 6 atom stereocenters. The van der Waals surface area contributed by atoms with Crippen LogP contribution in [0.25, 0.3) is 0 Å². The third-order valence-corrected chi connectivity index (χ3v) is 7.60. The number of aromatic hydroxyl groups is 1. The van der Waals surface area contributed by atoms with E-state index in [-0.39, 0.29) is 33.9 Å². The van der Waals surface area contributed by atoms with Gasteiger partial charge in [0, 0.05) is 12.0 Å². The van der Waals surface area contributed by atoms with Gasteiger partial charge in [-0.3, -0.25) is 4.48 Å². The van der Waals surface area contributed by atoms with Crippen LogP contribution in [0, 0.1) is 0 Å². The standard InChI is InChI=1S/C27H35NO11/c1-6-27(16-10-8-7-9-11-16,14-38-26(35)15-12-17(29)22(37-5)18(13-15)36-4)28(2,3)24-21(32)19(30)20(31)23(39-24)25(33)34/h7-13,19-21,23-24,30-32H,6,14H2,1-5H3,(H-,29,33,34)/p+1. The van der Waals surface area contributed by atoms with E-state index < -0.39 is 48.1 Å². The Morgan fingerprint density at radius 2 is 1.64 bits per heavy atom. The molecule has 39 heavy (non-hydrogen) atoms. The average molecular weight is 551 g/mol. The number of aliphatic hydroxyl groups is 3. The summed E-state index contributed by atoms with van der Waals surface area (Å²) in [7, 11) is 6.01. The minimum absolute atomic E-state index is 0.00745. The number of carbonyl (C=O) groups excluding carboxylic acids is 1. The number of esters is 1. The van der Waals surface area contributed by atoms with Crippen LogP contribution in [0.1, 0.15) is 29.3 Å². The number of phenolic OH excluding ortho intramolecular Hbond substituents is 1. The summed E-state index contributed by atoms with van der Waals surface area (Å²) in [5.74, 6) is -2.44. The summed E-state index contributed by atoms with van der Waals surface area (Å²) in [4.78, 5) is 25.0. The summed E-state index contributed by atoms with van der Waals surface area (Å²) < 4.78 is 21.5. The monoisotopic (exact) mass is 550 g/mol. The normalized spacial score (nSPS) is 24.9. The molecule has 0 radical (unpaired) electrons. The Morgan fingerprint density at radius 1 is 1.00 bits per heavy atom. The molecule has 1 aliphatic heterocycles. The van der Waals surface area contributed by atoms with Crippen LogP contribution in [0.4, 0.5) is 0 Å². The number of carboxylic acids is 1. The molecular formula is C27H36NO11+. The van der Waals surface area contributed by atoms with Gasteiger partial charge in [0.05, 0.1) is 33.9 Å². The number of hydrogen-bond acceptors (Lipinski definition) is 10. The molecule has 1 aliphatic rings. The Labute approximate surface area is 226 Å². The first kappa shape index (κ1) is 30.1. The zero-order chi connectivity index (χ0) is 29.1. The maximum absolute atomic E-state index is 13.2.